The third-order valence-corrected chi connectivity index (χ3v) is 12.2. The number of fused-ring (bicyclic) bond motifs is 13. The van der Waals surface area contributed by atoms with Crippen LogP contribution >= 0.6 is 0 Å². The number of aromatic nitrogens is 4. The van der Waals surface area contributed by atoms with Gasteiger partial charge in [0, 0.05) is 43.4 Å². The SMILES string of the molecule is c1ccc(-c2ccc3cccc(-c4nc(-c5cccc6oc7c8ccccc8ccc7c56)nc(-n5c6ccc7ccccc7c6c6ccc7ccccc7c65)n4)c3c2)cc1. The maximum Gasteiger partial charge on any atom is 0.238 e. The van der Waals surface area contributed by atoms with E-state index in [0.29, 0.717) is 17.6 Å². The lowest BCUT2D eigenvalue weighted by molar-refractivity contribution is 0.672. The minimum absolute atomic E-state index is 0.549. The van der Waals surface area contributed by atoms with Crippen LogP contribution in [0.5, 0.6) is 0 Å². The monoisotopic (exact) mass is 764 g/mol. The van der Waals surface area contributed by atoms with E-state index in [1.807, 2.05) is 12.1 Å². The average Bonchev–Trinajstić information content (AvgIpc) is 3.88. The van der Waals surface area contributed by atoms with Crippen molar-refractivity contribution in [1.29, 1.82) is 0 Å². The summed E-state index contributed by atoms with van der Waals surface area (Å²) in [6.45, 7) is 0. The van der Waals surface area contributed by atoms with Gasteiger partial charge in [-0.3, -0.25) is 4.57 Å². The van der Waals surface area contributed by atoms with Crippen LogP contribution in [0.25, 0.3) is 127 Å². The summed E-state index contributed by atoms with van der Waals surface area (Å²) in [5.41, 5.74) is 7.84. The number of nitrogens with zero attached hydrogens (tertiary/aromatic N) is 4. The molecule has 0 N–H and O–H groups in total. The van der Waals surface area contributed by atoms with E-state index in [1.165, 1.54) is 16.2 Å². The summed E-state index contributed by atoms with van der Waals surface area (Å²) in [6, 6.07) is 68.5. The summed E-state index contributed by atoms with van der Waals surface area (Å²) in [7, 11) is 0. The Kier molecular flexibility index (Phi) is 6.95. The summed E-state index contributed by atoms with van der Waals surface area (Å²) in [5.74, 6) is 1.72. The average molecular weight is 765 g/mol. The van der Waals surface area contributed by atoms with Crippen molar-refractivity contribution >= 4 is 86.8 Å². The molecule has 278 valence electrons. The molecule has 0 aliphatic rings. The third kappa shape index (κ3) is 4.84. The summed E-state index contributed by atoms with van der Waals surface area (Å²) in [4.78, 5) is 16.4. The predicted molar refractivity (Wildman–Crippen MR) is 248 cm³/mol. The first kappa shape index (κ1) is 32.9. The summed E-state index contributed by atoms with van der Waals surface area (Å²) >= 11 is 0. The molecule has 13 aromatic rings. The highest BCUT2D eigenvalue weighted by Gasteiger charge is 2.23. The Balaban J connectivity index is 1.17. The fraction of sp³-hybridized carbons (Fsp3) is 0. The van der Waals surface area contributed by atoms with Crippen LogP contribution in [-0.2, 0) is 0 Å². The molecule has 0 fully saturated rings. The van der Waals surface area contributed by atoms with Gasteiger partial charge in [0.05, 0.1) is 11.0 Å². The largest absolute Gasteiger partial charge is 0.455 e. The molecule has 0 aliphatic heterocycles. The molecule has 5 nitrogen and oxygen atoms in total. The Labute approximate surface area is 343 Å². The van der Waals surface area contributed by atoms with Crippen LogP contribution < -0.4 is 0 Å². The van der Waals surface area contributed by atoms with Gasteiger partial charge in [0.2, 0.25) is 5.95 Å². The van der Waals surface area contributed by atoms with E-state index in [4.69, 9.17) is 19.4 Å². The molecule has 0 spiro atoms. The number of hydrogen-bond acceptors (Lipinski definition) is 4. The molecule has 3 heterocycles. The Morgan fingerprint density at radius 3 is 1.80 bits per heavy atom. The van der Waals surface area contributed by atoms with Gasteiger partial charge in [0.1, 0.15) is 11.2 Å². The fourth-order valence-corrected chi connectivity index (χ4v) is 9.48. The van der Waals surface area contributed by atoms with E-state index < -0.39 is 0 Å². The second kappa shape index (κ2) is 12.7. The molecule has 0 atom stereocenters. The van der Waals surface area contributed by atoms with E-state index in [0.717, 1.165) is 92.9 Å². The van der Waals surface area contributed by atoms with Gasteiger partial charge >= 0.3 is 0 Å². The first-order valence-electron chi connectivity index (χ1n) is 20.3. The first-order chi connectivity index (χ1) is 29.7. The second-order valence-electron chi connectivity index (χ2n) is 15.5. The molecule has 0 amide bonds. The highest BCUT2D eigenvalue weighted by atomic mass is 16.3. The van der Waals surface area contributed by atoms with Gasteiger partial charge in [0.25, 0.3) is 0 Å². The zero-order valence-electron chi connectivity index (χ0n) is 32.2. The molecule has 13 rings (SSSR count). The van der Waals surface area contributed by atoms with Crippen LogP contribution in [0.4, 0.5) is 0 Å². The zero-order valence-corrected chi connectivity index (χ0v) is 32.2. The lowest BCUT2D eigenvalue weighted by atomic mass is 9.98. The number of rotatable bonds is 4. The summed E-state index contributed by atoms with van der Waals surface area (Å²) in [6.07, 6.45) is 0. The van der Waals surface area contributed by atoms with Crippen LogP contribution in [0.2, 0.25) is 0 Å². The van der Waals surface area contributed by atoms with E-state index in [2.05, 4.69) is 187 Å². The van der Waals surface area contributed by atoms with Crippen LogP contribution in [0, 0.1) is 0 Å². The van der Waals surface area contributed by atoms with E-state index in [1.54, 1.807) is 0 Å². The molecule has 3 aromatic heterocycles. The van der Waals surface area contributed by atoms with Gasteiger partial charge in [-0.1, -0.05) is 170 Å². The van der Waals surface area contributed by atoms with Gasteiger partial charge in [-0.25, -0.2) is 4.98 Å². The van der Waals surface area contributed by atoms with Crippen molar-refractivity contribution in [2.75, 3.05) is 0 Å². The fourth-order valence-electron chi connectivity index (χ4n) is 9.48. The molecule has 0 bridgehead atoms. The topological polar surface area (TPSA) is 56.7 Å². The van der Waals surface area contributed by atoms with Crippen molar-refractivity contribution in [2.45, 2.75) is 0 Å². The molecule has 0 saturated heterocycles. The van der Waals surface area contributed by atoms with Gasteiger partial charge in [-0.2, -0.15) is 9.97 Å². The van der Waals surface area contributed by atoms with E-state index in [-0.39, 0.29) is 0 Å². The molecule has 0 saturated carbocycles. The number of hydrogen-bond donors (Lipinski definition) is 0. The van der Waals surface area contributed by atoms with Gasteiger partial charge in [-0.05, 0) is 67.7 Å². The minimum Gasteiger partial charge on any atom is -0.455 e. The number of benzene rings is 10. The van der Waals surface area contributed by atoms with Crippen molar-refractivity contribution in [2.24, 2.45) is 0 Å². The van der Waals surface area contributed by atoms with Gasteiger partial charge < -0.3 is 4.42 Å². The lowest BCUT2D eigenvalue weighted by Crippen LogP contribution is -2.07. The van der Waals surface area contributed by atoms with Crippen molar-refractivity contribution < 1.29 is 4.42 Å². The molecular formula is C55H32N4O. The Morgan fingerprint density at radius 2 is 0.967 bits per heavy atom. The van der Waals surface area contributed by atoms with Crippen molar-refractivity contribution in [3.8, 4) is 39.9 Å². The molecule has 60 heavy (non-hydrogen) atoms. The van der Waals surface area contributed by atoms with Crippen molar-refractivity contribution in [3.05, 3.63) is 194 Å². The molecule has 10 aromatic carbocycles. The Morgan fingerprint density at radius 1 is 0.367 bits per heavy atom. The highest BCUT2D eigenvalue weighted by molar-refractivity contribution is 6.26. The van der Waals surface area contributed by atoms with E-state index in [9.17, 15) is 0 Å². The van der Waals surface area contributed by atoms with Gasteiger partial charge in [0.15, 0.2) is 11.6 Å². The summed E-state index contributed by atoms with van der Waals surface area (Å²) in [5, 5.41) is 13.4. The van der Waals surface area contributed by atoms with E-state index >= 15 is 0 Å². The quantitative estimate of drug-likeness (QED) is 0.179. The Bertz CT molecular complexity index is 3900. The third-order valence-electron chi connectivity index (χ3n) is 12.2. The smallest absolute Gasteiger partial charge is 0.238 e. The maximum absolute atomic E-state index is 6.69. The van der Waals surface area contributed by atoms with Crippen molar-refractivity contribution in [1.82, 2.24) is 19.5 Å². The Hall–Kier alpha value is -8.15. The highest BCUT2D eigenvalue weighted by Crippen LogP contribution is 2.42. The standard InChI is InChI=1S/C55H32N4O/c1-2-12-33(13-3-1)38-25-24-37-17-10-21-42(46(37)32-38)53-56-54(45-22-11-23-48-50(45)44-30-27-36-16-6-9-20-41(36)52(44)60-48)58-55(57-53)59-47-31-28-34-14-4-7-18-39(34)49(47)43-29-26-35-15-5-8-19-40(35)51(43)59/h1-32H. The molecule has 0 unspecified atom stereocenters. The molecular weight excluding hydrogens is 733 g/mol. The van der Waals surface area contributed by atoms with Crippen LogP contribution in [0.15, 0.2) is 199 Å². The van der Waals surface area contributed by atoms with Crippen LogP contribution in [0.1, 0.15) is 0 Å². The van der Waals surface area contributed by atoms with Crippen LogP contribution in [-0.4, -0.2) is 19.5 Å². The van der Waals surface area contributed by atoms with Gasteiger partial charge in [-0.15, -0.1) is 0 Å². The number of furan rings is 1. The zero-order chi connectivity index (χ0) is 39.3. The maximum atomic E-state index is 6.69. The minimum atomic E-state index is 0.549. The summed E-state index contributed by atoms with van der Waals surface area (Å²) < 4.78 is 8.95. The van der Waals surface area contributed by atoms with Crippen LogP contribution in [0.3, 0.4) is 0 Å². The molecule has 0 aliphatic carbocycles. The lowest BCUT2D eigenvalue weighted by Gasteiger charge is -2.14. The normalized spacial score (nSPS) is 12.0. The first-order valence-corrected chi connectivity index (χ1v) is 20.3. The molecule has 0 radical (unpaired) electrons. The second-order valence-corrected chi connectivity index (χ2v) is 15.5. The molecule has 5 heteroatoms. The van der Waals surface area contributed by atoms with Crippen molar-refractivity contribution in [3.63, 3.8) is 0 Å². The predicted octanol–water partition coefficient (Wildman–Crippen LogP) is 14.5.